The number of hydrogen-bond donors (Lipinski definition) is 1. The van der Waals surface area contributed by atoms with Gasteiger partial charge in [-0.05, 0) is 43.3 Å². The molecule has 124 valence electrons. The number of nitrogens with one attached hydrogen (secondary N) is 1. The van der Waals surface area contributed by atoms with Crippen molar-refractivity contribution in [1.29, 1.82) is 0 Å². The topological polar surface area (TPSA) is 80.4 Å². The van der Waals surface area contributed by atoms with Crippen LogP contribution in [0.4, 0.5) is 5.69 Å². The summed E-state index contributed by atoms with van der Waals surface area (Å²) in [6, 6.07) is 11.6. The second-order valence-electron chi connectivity index (χ2n) is 5.18. The zero-order valence-electron chi connectivity index (χ0n) is 13.1. The molecule has 0 spiro atoms. The SMILES string of the molecule is Cc1nn2c(-c3ccncc3)nnc2s/c1=N\Nc1ccc(Br)cc1. The van der Waals surface area contributed by atoms with Crippen molar-refractivity contribution in [3.8, 4) is 11.4 Å². The van der Waals surface area contributed by atoms with E-state index < -0.39 is 0 Å². The zero-order chi connectivity index (χ0) is 17.2. The number of hydrogen-bond acceptors (Lipinski definition) is 7. The third-order valence-corrected chi connectivity index (χ3v) is 4.97. The highest BCUT2D eigenvalue weighted by atomic mass is 79.9. The first-order valence-corrected chi connectivity index (χ1v) is 9.00. The Morgan fingerprint density at radius 1 is 1.08 bits per heavy atom. The molecule has 0 atom stereocenters. The van der Waals surface area contributed by atoms with Crippen LogP contribution >= 0.6 is 27.3 Å². The molecule has 0 saturated heterocycles. The molecule has 25 heavy (non-hydrogen) atoms. The van der Waals surface area contributed by atoms with Gasteiger partial charge in [-0.2, -0.15) is 14.7 Å². The lowest BCUT2D eigenvalue weighted by Gasteiger charge is -2.02. The Bertz CT molecular complexity index is 1090. The Morgan fingerprint density at radius 2 is 1.84 bits per heavy atom. The molecule has 9 heteroatoms. The van der Waals surface area contributed by atoms with E-state index in [1.165, 1.54) is 11.3 Å². The monoisotopic (exact) mass is 413 g/mol. The first kappa shape index (κ1) is 15.9. The molecule has 4 aromatic rings. The summed E-state index contributed by atoms with van der Waals surface area (Å²) in [6.45, 7) is 1.91. The van der Waals surface area contributed by atoms with Crippen molar-refractivity contribution in [3.63, 3.8) is 0 Å². The normalized spacial score (nSPS) is 11.8. The summed E-state index contributed by atoms with van der Waals surface area (Å²) in [5.41, 5.74) is 5.64. The predicted molar refractivity (Wildman–Crippen MR) is 100.0 cm³/mol. The van der Waals surface area contributed by atoms with Gasteiger partial charge in [-0.3, -0.25) is 10.4 Å². The average Bonchev–Trinajstić information content (AvgIpc) is 3.04. The maximum absolute atomic E-state index is 4.58. The Labute approximate surface area is 155 Å². The van der Waals surface area contributed by atoms with Crippen LogP contribution in [-0.2, 0) is 0 Å². The highest BCUT2D eigenvalue weighted by Gasteiger charge is 2.11. The number of anilines is 1. The van der Waals surface area contributed by atoms with Crippen molar-refractivity contribution in [2.45, 2.75) is 6.92 Å². The molecule has 0 unspecified atom stereocenters. The number of fused-ring (bicyclic) bond motifs is 1. The first-order valence-electron chi connectivity index (χ1n) is 7.39. The minimum absolute atomic E-state index is 0.675. The van der Waals surface area contributed by atoms with Crippen molar-refractivity contribution in [3.05, 3.63) is 63.6 Å². The molecule has 0 amide bonds. The minimum atomic E-state index is 0.675. The molecular formula is C16H12BrN7S. The molecule has 0 radical (unpaired) electrons. The second-order valence-corrected chi connectivity index (χ2v) is 7.05. The molecule has 0 aliphatic heterocycles. The fourth-order valence-electron chi connectivity index (χ4n) is 2.20. The average molecular weight is 414 g/mol. The fraction of sp³-hybridized carbons (Fsp3) is 0.0625. The van der Waals surface area contributed by atoms with Crippen LogP contribution < -0.4 is 10.1 Å². The van der Waals surface area contributed by atoms with E-state index in [0.717, 1.165) is 26.1 Å². The number of halogens is 1. The third-order valence-electron chi connectivity index (χ3n) is 3.43. The van der Waals surface area contributed by atoms with Crippen molar-refractivity contribution >= 4 is 37.9 Å². The van der Waals surface area contributed by atoms with E-state index in [1.807, 2.05) is 43.3 Å². The third kappa shape index (κ3) is 3.28. The van der Waals surface area contributed by atoms with Crippen LogP contribution in [0.5, 0.6) is 0 Å². The van der Waals surface area contributed by atoms with Gasteiger partial charge in [-0.25, -0.2) is 0 Å². The maximum Gasteiger partial charge on any atom is 0.235 e. The molecule has 4 rings (SSSR count). The van der Waals surface area contributed by atoms with Crippen LogP contribution in [-0.4, -0.2) is 24.8 Å². The summed E-state index contributed by atoms with van der Waals surface area (Å²) in [4.78, 5) is 4.70. The van der Waals surface area contributed by atoms with Crippen molar-refractivity contribution in [1.82, 2.24) is 24.8 Å². The second kappa shape index (κ2) is 6.69. The molecule has 0 bridgehead atoms. The minimum Gasteiger partial charge on any atom is -0.277 e. The lowest BCUT2D eigenvalue weighted by atomic mass is 10.2. The van der Waals surface area contributed by atoms with Gasteiger partial charge in [0.25, 0.3) is 0 Å². The highest BCUT2D eigenvalue weighted by molar-refractivity contribution is 9.10. The van der Waals surface area contributed by atoms with Gasteiger partial charge in [-0.15, -0.1) is 10.2 Å². The molecule has 7 nitrogen and oxygen atoms in total. The van der Waals surface area contributed by atoms with Crippen LogP contribution in [0.3, 0.4) is 0 Å². The van der Waals surface area contributed by atoms with Crippen LogP contribution in [0.15, 0.2) is 58.4 Å². The summed E-state index contributed by atoms with van der Waals surface area (Å²) >= 11 is 4.84. The molecule has 0 fully saturated rings. The molecule has 0 aliphatic rings. The van der Waals surface area contributed by atoms with Crippen LogP contribution in [0.1, 0.15) is 5.69 Å². The molecule has 1 aromatic carbocycles. The van der Waals surface area contributed by atoms with E-state index in [1.54, 1.807) is 16.9 Å². The predicted octanol–water partition coefficient (Wildman–Crippen LogP) is 3.25. The highest BCUT2D eigenvalue weighted by Crippen LogP contribution is 2.17. The van der Waals surface area contributed by atoms with Crippen LogP contribution in [0.25, 0.3) is 16.3 Å². The smallest absolute Gasteiger partial charge is 0.235 e. The van der Waals surface area contributed by atoms with E-state index in [9.17, 15) is 0 Å². The van der Waals surface area contributed by atoms with Gasteiger partial charge in [0.05, 0.1) is 11.4 Å². The van der Waals surface area contributed by atoms with Gasteiger partial charge in [0.2, 0.25) is 4.96 Å². The van der Waals surface area contributed by atoms with Gasteiger partial charge in [0.1, 0.15) is 0 Å². The summed E-state index contributed by atoms with van der Waals surface area (Å²) < 4.78 is 3.50. The molecule has 3 heterocycles. The number of rotatable bonds is 3. The van der Waals surface area contributed by atoms with Gasteiger partial charge in [0, 0.05) is 22.4 Å². The first-order chi connectivity index (χ1) is 12.2. The summed E-state index contributed by atoms with van der Waals surface area (Å²) in [6.07, 6.45) is 3.44. The molecule has 3 aromatic heterocycles. The van der Waals surface area contributed by atoms with Crippen molar-refractivity contribution in [2.24, 2.45) is 5.10 Å². The van der Waals surface area contributed by atoms with E-state index in [2.05, 4.69) is 46.7 Å². The largest absolute Gasteiger partial charge is 0.277 e. The van der Waals surface area contributed by atoms with Gasteiger partial charge in [0.15, 0.2) is 10.5 Å². The molecule has 0 aliphatic carbocycles. The Hall–Kier alpha value is -2.65. The van der Waals surface area contributed by atoms with Crippen LogP contribution in [0, 0.1) is 6.92 Å². The number of aromatic nitrogens is 5. The molecule has 0 saturated carbocycles. The summed E-state index contributed by atoms with van der Waals surface area (Å²) in [5.74, 6) is 0.684. The van der Waals surface area contributed by atoms with E-state index in [-0.39, 0.29) is 0 Å². The lowest BCUT2D eigenvalue weighted by molar-refractivity contribution is 0.901. The van der Waals surface area contributed by atoms with Gasteiger partial charge >= 0.3 is 0 Å². The Morgan fingerprint density at radius 3 is 2.60 bits per heavy atom. The standard InChI is InChI=1S/C16H12BrN7S/c1-10-15(21-19-13-4-2-12(17)3-5-13)25-16-22-20-14(24(16)23-10)11-6-8-18-9-7-11/h2-9,19H,1H3/b21-15-. The van der Waals surface area contributed by atoms with E-state index in [0.29, 0.717) is 10.8 Å². The summed E-state index contributed by atoms with van der Waals surface area (Å²) in [7, 11) is 0. The number of pyridine rings is 1. The van der Waals surface area contributed by atoms with Gasteiger partial charge in [-0.1, -0.05) is 27.3 Å². The van der Waals surface area contributed by atoms with Crippen LogP contribution in [0.2, 0.25) is 0 Å². The van der Waals surface area contributed by atoms with E-state index >= 15 is 0 Å². The number of nitrogens with zero attached hydrogens (tertiary/aromatic N) is 6. The van der Waals surface area contributed by atoms with Crippen molar-refractivity contribution in [2.75, 3.05) is 5.43 Å². The zero-order valence-corrected chi connectivity index (χ0v) is 15.5. The molecular weight excluding hydrogens is 402 g/mol. The van der Waals surface area contributed by atoms with Crippen molar-refractivity contribution < 1.29 is 0 Å². The molecule has 1 N–H and O–H groups in total. The lowest BCUT2D eigenvalue weighted by Crippen LogP contribution is -2.11. The van der Waals surface area contributed by atoms with Gasteiger partial charge < -0.3 is 0 Å². The van der Waals surface area contributed by atoms with E-state index in [4.69, 9.17) is 0 Å². The number of aryl methyl sites for hydroxylation is 1. The maximum atomic E-state index is 4.58. The Kier molecular flexibility index (Phi) is 4.24. The summed E-state index contributed by atoms with van der Waals surface area (Å²) in [5, 5.41) is 17.5. The number of benzene rings is 1. The fourth-order valence-corrected chi connectivity index (χ4v) is 3.21. The quantitative estimate of drug-likeness (QED) is 0.521. The Balaban J connectivity index is 1.73.